The first-order valence-corrected chi connectivity index (χ1v) is 5.89. The number of amides is 2. The minimum atomic E-state index is -1.05. The van der Waals surface area contributed by atoms with Crippen LogP contribution in [0.4, 0.5) is 0 Å². The highest BCUT2D eigenvalue weighted by molar-refractivity contribution is 5.95. The second kappa shape index (κ2) is 8.16. The van der Waals surface area contributed by atoms with Crippen LogP contribution in [0.1, 0.15) is 20.9 Å². The van der Waals surface area contributed by atoms with Gasteiger partial charge in [-0.25, -0.2) is 0 Å². The molecule has 0 bridgehead atoms. The first kappa shape index (κ1) is 16.0. The topological polar surface area (TPSA) is 123 Å². The third-order valence-electron chi connectivity index (χ3n) is 2.20. The van der Waals surface area contributed by atoms with E-state index in [9.17, 15) is 14.4 Å². The summed E-state index contributed by atoms with van der Waals surface area (Å²) in [4.78, 5) is 31.5. The molecule has 110 valence electrons. The summed E-state index contributed by atoms with van der Waals surface area (Å²) in [5.41, 5.74) is 5.29. The standard InChI is InChI=1S/C9H9NO3.C5H5NO2/c11-8(12)6-10-9(13)7-4-2-1-3-5-7;6-5(7)4-2-1-3-8-4/h1-5H,6H2,(H,10,13)(H,11,12);1-3H,(H2,6,7). The Kier molecular flexibility index (Phi) is 6.20. The van der Waals surface area contributed by atoms with Crippen LogP contribution in [-0.4, -0.2) is 29.4 Å². The van der Waals surface area contributed by atoms with Crippen molar-refractivity contribution in [3.63, 3.8) is 0 Å². The molecule has 1 aromatic carbocycles. The third-order valence-corrected chi connectivity index (χ3v) is 2.20. The van der Waals surface area contributed by atoms with Crippen LogP contribution < -0.4 is 11.1 Å². The molecule has 0 radical (unpaired) electrons. The smallest absolute Gasteiger partial charge is 0.322 e. The molecule has 0 atom stereocenters. The van der Waals surface area contributed by atoms with E-state index < -0.39 is 11.9 Å². The van der Waals surface area contributed by atoms with Gasteiger partial charge >= 0.3 is 5.97 Å². The fourth-order valence-electron chi connectivity index (χ4n) is 1.27. The van der Waals surface area contributed by atoms with E-state index in [0.717, 1.165) is 0 Å². The Morgan fingerprint density at radius 3 is 2.19 bits per heavy atom. The summed E-state index contributed by atoms with van der Waals surface area (Å²) in [6.45, 7) is -0.353. The summed E-state index contributed by atoms with van der Waals surface area (Å²) in [7, 11) is 0. The van der Waals surface area contributed by atoms with Crippen molar-refractivity contribution in [3.8, 4) is 0 Å². The molecule has 0 aliphatic carbocycles. The maximum atomic E-state index is 11.2. The molecule has 2 rings (SSSR count). The molecule has 0 aliphatic rings. The number of primary amides is 1. The predicted octanol–water partition coefficient (Wildman–Crippen LogP) is 0.879. The lowest BCUT2D eigenvalue weighted by Gasteiger charge is -2.00. The maximum absolute atomic E-state index is 11.2. The van der Waals surface area contributed by atoms with E-state index >= 15 is 0 Å². The van der Waals surface area contributed by atoms with Crippen LogP contribution in [0.3, 0.4) is 0 Å². The largest absolute Gasteiger partial charge is 0.480 e. The maximum Gasteiger partial charge on any atom is 0.322 e. The number of hydrogen-bond donors (Lipinski definition) is 3. The highest BCUT2D eigenvalue weighted by atomic mass is 16.4. The van der Waals surface area contributed by atoms with Crippen LogP contribution in [0.5, 0.6) is 0 Å². The van der Waals surface area contributed by atoms with Crippen molar-refractivity contribution in [1.82, 2.24) is 5.32 Å². The summed E-state index contributed by atoms with van der Waals surface area (Å²) in [6, 6.07) is 11.6. The van der Waals surface area contributed by atoms with Crippen molar-refractivity contribution in [3.05, 3.63) is 60.1 Å². The lowest BCUT2D eigenvalue weighted by Crippen LogP contribution is -2.29. The average Bonchev–Trinajstić information content (AvgIpc) is 3.01. The molecule has 0 spiro atoms. The van der Waals surface area contributed by atoms with Gasteiger partial charge in [0.2, 0.25) is 0 Å². The first-order chi connectivity index (χ1) is 10.0. The first-order valence-electron chi connectivity index (χ1n) is 5.89. The summed E-state index contributed by atoms with van der Waals surface area (Å²) in [6.07, 6.45) is 1.40. The fraction of sp³-hybridized carbons (Fsp3) is 0.0714. The van der Waals surface area contributed by atoms with Gasteiger partial charge in [0.05, 0.1) is 6.26 Å². The zero-order chi connectivity index (χ0) is 15.7. The number of furan rings is 1. The van der Waals surface area contributed by atoms with Crippen molar-refractivity contribution in [2.24, 2.45) is 5.73 Å². The molecular formula is C14H14N2O5. The summed E-state index contributed by atoms with van der Waals surface area (Å²) in [5, 5.41) is 10.6. The molecule has 2 amide bonds. The molecule has 21 heavy (non-hydrogen) atoms. The fourth-order valence-corrected chi connectivity index (χ4v) is 1.27. The second-order valence-corrected chi connectivity index (χ2v) is 3.78. The van der Waals surface area contributed by atoms with Crippen LogP contribution >= 0.6 is 0 Å². The molecule has 0 saturated heterocycles. The number of carboxylic acid groups (broad SMARTS) is 1. The van der Waals surface area contributed by atoms with Gasteiger partial charge in [0, 0.05) is 5.56 Å². The van der Waals surface area contributed by atoms with Gasteiger partial charge in [0.25, 0.3) is 11.8 Å². The Balaban J connectivity index is 0.000000235. The van der Waals surface area contributed by atoms with Crippen molar-refractivity contribution in [2.45, 2.75) is 0 Å². The van der Waals surface area contributed by atoms with Crippen molar-refractivity contribution in [2.75, 3.05) is 6.54 Å². The van der Waals surface area contributed by atoms with Gasteiger partial charge in [-0.2, -0.15) is 0 Å². The summed E-state index contributed by atoms with van der Waals surface area (Å²) >= 11 is 0. The number of nitrogens with two attached hydrogens (primary N) is 1. The molecule has 0 fully saturated rings. The molecule has 1 heterocycles. The number of carbonyl (C=O) groups is 3. The second-order valence-electron chi connectivity index (χ2n) is 3.78. The zero-order valence-electron chi connectivity index (χ0n) is 11.0. The third kappa shape index (κ3) is 6.06. The van der Waals surface area contributed by atoms with Gasteiger partial charge < -0.3 is 20.6 Å². The summed E-state index contributed by atoms with van der Waals surface area (Å²) < 4.78 is 4.62. The van der Waals surface area contributed by atoms with Gasteiger partial charge in [-0.1, -0.05) is 18.2 Å². The summed E-state index contributed by atoms with van der Waals surface area (Å²) in [5.74, 6) is -1.76. The van der Waals surface area contributed by atoms with Crippen LogP contribution in [0.2, 0.25) is 0 Å². The molecule has 1 aromatic heterocycles. The average molecular weight is 290 g/mol. The van der Waals surface area contributed by atoms with Gasteiger partial charge in [0.15, 0.2) is 5.76 Å². The number of carbonyl (C=O) groups excluding carboxylic acids is 2. The molecular weight excluding hydrogens is 276 g/mol. The lowest BCUT2D eigenvalue weighted by atomic mass is 10.2. The number of carboxylic acids is 1. The minimum absolute atomic E-state index is 0.199. The van der Waals surface area contributed by atoms with E-state index in [4.69, 9.17) is 10.8 Å². The number of rotatable bonds is 4. The van der Waals surface area contributed by atoms with Gasteiger partial charge in [0.1, 0.15) is 6.54 Å². The van der Waals surface area contributed by atoms with Gasteiger partial charge in [-0.05, 0) is 24.3 Å². The van der Waals surface area contributed by atoms with Crippen molar-refractivity contribution < 1.29 is 23.9 Å². The van der Waals surface area contributed by atoms with Crippen LogP contribution in [0, 0.1) is 0 Å². The zero-order valence-corrected chi connectivity index (χ0v) is 11.0. The molecule has 4 N–H and O–H groups in total. The molecule has 2 aromatic rings. The lowest BCUT2D eigenvalue weighted by molar-refractivity contribution is -0.135. The van der Waals surface area contributed by atoms with Crippen LogP contribution in [0.25, 0.3) is 0 Å². The Morgan fingerprint density at radius 2 is 1.76 bits per heavy atom. The molecule has 7 nitrogen and oxygen atoms in total. The van der Waals surface area contributed by atoms with Crippen LogP contribution in [-0.2, 0) is 4.79 Å². The Bertz CT molecular complexity index is 593. The van der Waals surface area contributed by atoms with Crippen molar-refractivity contribution in [1.29, 1.82) is 0 Å². The van der Waals surface area contributed by atoms with E-state index in [1.54, 1.807) is 36.4 Å². The molecule has 0 unspecified atom stereocenters. The normalized spacial score (nSPS) is 9.14. The Hall–Kier alpha value is -3.09. The SMILES string of the molecule is NC(=O)c1ccco1.O=C(O)CNC(=O)c1ccccc1. The van der Waals surface area contributed by atoms with E-state index in [0.29, 0.717) is 5.56 Å². The predicted molar refractivity (Wildman–Crippen MR) is 73.6 cm³/mol. The van der Waals surface area contributed by atoms with E-state index in [1.165, 1.54) is 12.3 Å². The number of hydrogen-bond acceptors (Lipinski definition) is 4. The number of aliphatic carboxylic acids is 1. The van der Waals surface area contributed by atoms with Gasteiger partial charge in [-0.15, -0.1) is 0 Å². The molecule has 0 saturated carbocycles. The number of benzene rings is 1. The molecule has 7 heteroatoms. The minimum Gasteiger partial charge on any atom is -0.480 e. The Labute approximate surface area is 120 Å². The van der Waals surface area contributed by atoms with E-state index in [1.807, 2.05) is 0 Å². The highest BCUT2D eigenvalue weighted by Gasteiger charge is 2.04. The molecule has 0 aliphatic heterocycles. The van der Waals surface area contributed by atoms with Gasteiger partial charge in [-0.3, -0.25) is 14.4 Å². The highest BCUT2D eigenvalue weighted by Crippen LogP contribution is 1.97. The van der Waals surface area contributed by atoms with E-state index in [-0.39, 0.29) is 18.2 Å². The quantitative estimate of drug-likeness (QED) is 0.771. The van der Waals surface area contributed by atoms with Crippen LogP contribution in [0.15, 0.2) is 53.1 Å². The number of nitrogens with one attached hydrogen (secondary N) is 1. The Morgan fingerprint density at radius 1 is 1.10 bits per heavy atom. The monoisotopic (exact) mass is 290 g/mol. The van der Waals surface area contributed by atoms with Crippen molar-refractivity contribution >= 4 is 17.8 Å². The van der Waals surface area contributed by atoms with E-state index in [2.05, 4.69) is 9.73 Å².